The van der Waals surface area contributed by atoms with Crippen LogP contribution in [0, 0.1) is 46.3 Å². The summed E-state index contributed by atoms with van der Waals surface area (Å²) in [6.45, 7) is 5.30. The van der Waals surface area contributed by atoms with E-state index in [1.54, 1.807) is 0 Å². The summed E-state index contributed by atoms with van der Waals surface area (Å²) in [6.07, 6.45) is 9.92. The highest BCUT2D eigenvalue weighted by molar-refractivity contribution is 7.86. The van der Waals surface area contributed by atoms with Crippen molar-refractivity contribution in [2.45, 2.75) is 96.7 Å². The molecule has 9 heteroatoms. The fraction of sp³-hybridized carbons (Fsp3) is 0.923. The molecule has 1 unspecified atom stereocenters. The minimum atomic E-state index is -5.62. The largest absolute Gasteiger partial charge is 0.458 e. The molecule has 4 fully saturated rings. The van der Waals surface area contributed by atoms with Crippen LogP contribution in [0.3, 0.4) is 0 Å². The zero-order chi connectivity index (χ0) is 25.8. The van der Waals surface area contributed by atoms with Crippen LogP contribution in [0.1, 0.15) is 91.4 Å². The van der Waals surface area contributed by atoms with Crippen molar-refractivity contribution in [1.29, 1.82) is 0 Å². The Labute approximate surface area is 207 Å². The molecule has 1 N–H and O–H groups in total. The molecule has 0 aliphatic heterocycles. The molecule has 4 saturated carbocycles. The van der Waals surface area contributed by atoms with Crippen LogP contribution < -0.4 is 0 Å². The lowest BCUT2D eigenvalue weighted by Gasteiger charge is -2.60. The Morgan fingerprint density at radius 3 is 2.49 bits per heavy atom. The molecule has 200 valence electrons. The number of alkyl halides is 2. The molecule has 4 aliphatic carbocycles. The second-order valence-electron chi connectivity index (χ2n) is 12.4. The van der Waals surface area contributed by atoms with Crippen molar-refractivity contribution in [3.63, 3.8) is 0 Å². The Morgan fingerprint density at radius 1 is 1.11 bits per heavy atom. The highest BCUT2D eigenvalue weighted by Crippen LogP contribution is 2.68. The molecule has 0 saturated heterocycles. The first-order chi connectivity index (χ1) is 16.2. The van der Waals surface area contributed by atoms with E-state index >= 15 is 0 Å². The van der Waals surface area contributed by atoms with E-state index in [9.17, 15) is 26.8 Å². The Morgan fingerprint density at radius 2 is 1.80 bits per heavy atom. The summed E-state index contributed by atoms with van der Waals surface area (Å²) in [4.78, 5) is 24.1. The molecule has 8 atom stereocenters. The van der Waals surface area contributed by atoms with Crippen molar-refractivity contribution < 1.29 is 36.1 Å². The third-order valence-corrected chi connectivity index (χ3v) is 11.7. The lowest BCUT2D eigenvalue weighted by Crippen LogP contribution is -2.53. The molecule has 4 rings (SSSR count). The number of ether oxygens (including phenoxy) is 1. The van der Waals surface area contributed by atoms with Crippen molar-refractivity contribution >= 4 is 21.9 Å². The van der Waals surface area contributed by atoms with E-state index in [1.165, 1.54) is 19.3 Å². The normalized spacial score (nSPS) is 40.4. The minimum absolute atomic E-state index is 0.0558. The lowest BCUT2D eigenvalue weighted by atomic mass is 9.44. The summed E-state index contributed by atoms with van der Waals surface area (Å²) in [7, 11) is -5.62. The highest BCUT2D eigenvalue weighted by Gasteiger charge is 2.60. The lowest BCUT2D eigenvalue weighted by molar-refractivity contribution is -0.150. The summed E-state index contributed by atoms with van der Waals surface area (Å²) in [5, 5.41) is -4.50. The van der Waals surface area contributed by atoms with E-state index in [1.807, 2.05) is 0 Å². The van der Waals surface area contributed by atoms with E-state index in [-0.39, 0.29) is 23.2 Å². The van der Waals surface area contributed by atoms with Gasteiger partial charge in [0, 0.05) is 19.3 Å². The Balaban J connectivity index is 1.35. The maximum Gasteiger partial charge on any atom is 0.402 e. The van der Waals surface area contributed by atoms with E-state index in [0.717, 1.165) is 38.5 Å². The van der Waals surface area contributed by atoms with Gasteiger partial charge in [0.25, 0.3) is 0 Å². The standard InChI is InChI=1S/C26H40F2O6S/c1-16(4-9-23(30)34-15-26(27,28)35(31,32)33)20-7-8-21-19-6-5-17-14-18(29)10-12-24(17,2)22(19)11-13-25(20,21)3/h16-17,19-22H,4-15H2,1-3H3,(H,31,32,33)/t16-,17?,19+,20-,21+,22+,24+,25-/m1/s1. The summed E-state index contributed by atoms with van der Waals surface area (Å²) < 4.78 is 61.0. The van der Waals surface area contributed by atoms with Crippen molar-refractivity contribution in [3.05, 3.63) is 0 Å². The maximum absolute atomic E-state index is 13.3. The zero-order valence-corrected chi connectivity index (χ0v) is 21.9. The highest BCUT2D eigenvalue weighted by atomic mass is 32.2. The van der Waals surface area contributed by atoms with E-state index in [4.69, 9.17) is 4.55 Å². The van der Waals surface area contributed by atoms with Gasteiger partial charge in [0.2, 0.25) is 0 Å². The summed E-state index contributed by atoms with van der Waals surface area (Å²) in [6, 6.07) is 0. The molecular weight excluding hydrogens is 478 g/mol. The summed E-state index contributed by atoms with van der Waals surface area (Å²) in [5.74, 6) is 2.76. The van der Waals surface area contributed by atoms with Crippen molar-refractivity contribution in [3.8, 4) is 0 Å². The smallest absolute Gasteiger partial charge is 0.402 e. The van der Waals surface area contributed by atoms with Gasteiger partial charge >= 0.3 is 21.3 Å². The van der Waals surface area contributed by atoms with Crippen molar-refractivity contribution in [2.24, 2.45) is 46.3 Å². The Kier molecular flexibility index (Phi) is 7.19. The fourth-order valence-corrected chi connectivity index (χ4v) is 9.09. The number of Topliss-reactive ketones (excluding diaryl/α,β-unsaturated/α-hetero) is 1. The predicted molar refractivity (Wildman–Crippen MR) is 126 cm³/mol. The average molecular weight is 519 g/mol. The van der Waals surface area contributed by atoms with Crippen molar-refractivity contribution in [1.82, 2.24) is 0 Å². The van der Waals surface area contributed by atoms with Gasteiger partial charge in [0.05, 0.1) is 0 Å². The number of rotatable bonds is 7. The third-order valence-electron chi connectivity index (χ3n) is 10.8. The van der Waals surface area contributed by atoms with Gasteiger partial charge in [0.1, 0.15) is 5.78 Å². The number of hydrogen-bond acceptors (Lipinski definition) is 5. The molecule has 0 amide bonds. The molecule has 0 aromatic heterocycles. The number of fused-ring (bicyclic) bond motifs is 5. The Bertz CT molecular complexity index is 951. The van der Waals surface area contributed by atoms with Crippen LogP contribution in [0.15, 0.2) is 0 Å². The van der Waals surface area contributed by atoms with Crippen LogP contribution >= 0.6 is 0 Å². The molecule has 0 aromatic rings. The van der Waals surface area contributed by atoms with Gasteiger partial charge in [-0.25, -0.2) is 0 Å². The van der Waals surface area contributed by atoms with Gasteiger partial charge < -0.3 is 4.74 Å². The number of hydrogen-bond donors (Lipinski definition) is 1. The van der Waals surface area contributed by atoms with Crippen LogP contribution in [0.5, 0.6) is 0 Å². The van der Waals surface area contributed by atoms with Crippen LogP contribution in [-0.4, -0.2) is 36.6 Å². The van der Waals surface area contributed by atoms with Gasteiger partial charge in [-0.3, -0.25) is 14.1 Å². The Hall–Kier alpha value is -1.09. The molecular formula is C26H40F2O6S. The van der Waals surface area contributed by atoms with E-state index in [2.05, 4.69) is 25.5 Å². The number of esters is 1. The molecule has 0 heterocycles. The van der Waals surface area contributed by atoms with Gasteiger partial charge in [0.15, 0.2) is 6.61 Å². The minimum Gasteiger partial charge on any atom is -0.458 e. The second kappa shape index (κ2) is 9.34. The molecule has 4 aliphatic rings. The zero-order valence-electron chi connectivity index (χ0n) is 21.1. The molecule has 6 nitrogen and oxygen atoms in total. The predicted octanol–water partition coefficient (Wildman–Crippen LogP) is 5.65. The van der Waals surface area contributed by atoms with Gasteiger partial charge in [-0.15, -0.1) is 0 Å². The van der Waals surface area contributed by atoms with Gasteiger partial charge in [-0.1, -0.05) is 20.8 Å². The van der Waals surface area contributed by atoms with Crippen LogP contribution in [-0.2, 0) is 24.4 Å². The number of halogens is 2. The molecule has 0 spiro atoms. The molecule has 0 bridgehead atoms. The van der Waals surface area contributed by atoms with Crippen LogP contribution in [0.4, 0.5) is 8.78 Å². The second-order valence-corrected chi connectivity index (χ2v) is 14.0. The van der Waals surface area contributed by atoms with Crippen LogP contribution in [0.25, 0.3) is 0 Å². The number of ketones is 1. The first-order valence-electron chi connectivity index (χ1n) is 13.2. The topological polar surface area (TPSA) is 97.7 Å². The van der Waals surface area contributed by atoms with E-state index < -0.39 is 27.9 Å². The van der Waals surface area contributed by atoms with Crippen molar-refractivity contribution in [2.75, 3.05) is 6.61 Å². The average Bonchev–Trinajstić information content (AvgIpc) is 3.13. The molecule has 0 radical (unpaired) electrons. The van der Waals surface area contributed by atoms with Crippen LogP contribution in [0.2, 0.25) is 0 Å². The molecule has 35 heavy (non-hydrogen) atoms. The SMILES string of the molecule is C[C@H](CCC(=O)OCC(F)(F)S(=O)(=O)O)[C@H]1CC[C@H]2[C@@H]3CCC4CC(=O)CC[C@]4(C)[C@H]3CC[C@]12C. The van der Waals surface area contributed by atoms with E-state index in [0.29, 0.717) is 41.8 Å². The van der Waals surface area contributed by atoms with Gasteiger partial charge in [-0.05, 0) is 97.7 Å². The monoisotopic (exact) mass is 518 g/mol. The van der Waals surface area contributed by atoms with Gasteiger partial charge in [-0.2, -0.15) is 17.2 Å². The third kappa shape index (κ3) is 4.80. The molecule has 0 aromatic carbocycles. The first kappa shape index (κ1) is 27.0. The summed E-state index contributed by atoms with van der Waals surface area (Å²) in [5.41, 5.74) is 0.464. The fourth-order valence-electron chi connectivity index (χ4n) is 8.88. The quantitative estimate of drug-likeness (QED) is 0.345. The number of carbonyl (C=O) groups is 2. The first-order valence-corrected chi connectivity index (χ1v) is 14.7. The maximum atomic E-state index is 13.3. The number of carbonyl (C=O) groups excluding carboxylic acids is 2. The summed E-state index contributed by atoms with van der Waals surface area (Å²) >= 11 is 0.